The van der Waals surface area contributed by atoms with Gasteiger partial charge < -0.3 is 0 Å². The minimum Gasteiger partial charge on any atom is -0.227 e. The molecule has 0 saturated heterocycles. The lowest BCUT2D eigenvalue weighted by atomic mass is 9.82. The van der Waals surface area contributed by atoms with Gasteiger partial charge in [-0.05, 0) is 31.0 Å². The molecule has 0 heterocycles. The molecule has 1 nitrogen and oxygen atoms in total. The van der Waals surface area contributed by atoms with Crippen LogP contribution in [0.2, 0.25) is 0 Å². The van der Waals surface area contributed by atoms with Gasteiger partial charge >= 0.3 is 0 Å². The predicted molar refractivity (Wildman–Crippen MR) is 126 cm³/mol. The third-order valence-electron chi connectivity index (χ3n) is 6.23. The van der Waals surface area contributed by atoms with Gasteiger partial charge in [0.15, 0.2) is 0 Å². The predicted octanol–water partition coefficient (Wildman–Crippen LogP) is 9.72. The van der Waals surface area contributed by atoms with Crippen LogP contribution in [0.4, 0.5) is 0 Å². The fourth-order valence-corrected chi connectivity index (χ4v) is 4.53. The van der Waals surface area contributed by atoms with Gasteiger partial charge in [-0.3, -0.25) is 0 Å². The van der Waals surface area contributed by atoms with Crippen LogP contribution < -0.4 is 4.84 Å². The second kappa shape index (κ2) is 21.0. The maximum absolute atomic E-state index is 6.36. The summed E-state index contributed by atoms with van der Waals surface area (Å²) in [5.41, 5.74) is 0.196. The maximum Gasteiger partial charge on any atom is 0.0331 e. The molecule has 0 amide bonds. The molecular formula is C25H52ClN. The van der Waals surface area contributed by atoms with Crippen LogP contribution in [0.15, 0.2) is 0 Å². The maximum atomic E-state index is 6.36. The summed E-state index contributed by atoms with van der Waals surface area (Å²) in [6.45, 7) is 6.89. The zero-order valence-electron chi connectivity index (χ0n) is 19.2. The van der Waals surface area contributed by atoms with Gasteiger partial charge in [0.25, 0.3) is 0 Å². The largest absolute Gasteiger partial charge is 0.227 e. The van der Waals surface area contributed by atoms with E-state index in [0.29, 0.717) is 0 Å². The van der Waals surface area contributed by atoms with Gasteiger partial charge in [0.2, 0.25) is 0 Å². The Morgan fingerprint density at radius 2 is 0.704 bits per heavy atom. The SMILES string of the molecule is CCCCCCCCC(CCCCCCCC)(CCCCCCCC)NCl. The molecule has 0 fully saturated rings. The smallest absolute Gasteiger partial charge is 0.0331 e. The summed E-state index contributed by atoms with van der Waals surface area (Å²) in [5.74, 6) is 0. The van der Waals surface area contributed by atoms with E-state index in [-0.39, 0.29) is 5.54 Å². The minimum absolute atomic E-state index is 0.196. The fourth-order valence-electron chi connectivity index (χ4n) is 4.25. The Labute approximate surface area is 177 Å². The van der Waals surface area contributed by atoms with E-state index in [1.807, 2.05) is 0 Å². The molecule has 164 valence electrons. The second-order valence-corrected chi connectivity index (χ2v) is 9.12. The van der Waals surface area contributed by atoms with Crippen molar-refractivity contribution >= 4 is 11.8 Å². The van der Waals surface area contributed by atoms with Crippen LogP contribution in [0.3, 0.4) is 0 Å². The molecule has 0 aliphatic heterocycles. The standard InChI is InChI=1S/C25H52ClN/c1-4-7-10-13-16-19-22-25(27-26,23-20-17-14-11-8-5-2)24-21-18-15-12-9-6-3/h27H,4-24H2,1-3H3. The number of halogens is 1. The lowest BCUT2D eigenvalue weighted by Crippen LogP contribution is -2.40. The number of rotatable bonds is 22. The number of hydrogen-bond donors (Lipinski definition) is 1. The zero-order chi connectivity index (χ0) is 20.1. The highest BCUT2D eigenvalue weighted by Gasteiger charge is 2.27. The van der Waals surface area contributed by atoms with Crippen molar-refractivity contribution in [1.82, 2.24) is 4.84 Å². The molecular weight excluding hydrogens is 350 g/mol. The van der Waals surface area contributed by atoms with Crippen LogP contribution >= 0.6 is 11.8 Å². The summed E-state index contributed by atoms with van der Waals surface area (Å²) in [4.78, 5) is 3.29. The van der Waals surface area contributed by atoms with Crippen LogP contribution in [0, 0.1) is 0 Å². The Bertz CT molecular complexity index is 239. The first kappa shape index (κ1) is 27.2. The van der Waals surface area contributed by atoms with Gasteiger partial charge in [-0.1, -0.05) is 136 Å². The molecule has 0 unspecified atom stereocenters. The molecule has 0 spiro atoms. The van der Waals surface area contributed by atoms with E-state index in [1.165, 1.54) is 135 Å². The van der Waals surface area contributed by atoms with Crippen molar-refractivity contribution in [3.63, 3.8) is 0 Å². The highest BCUT2D eigenvalue weighted by atomic mass is 35.5. The molecule has 1 N–H and O–H groups in total. The van der Waals surface area contributed by atoms with Crippen molar-refractivity contribution in [2.45, 2.75) is 161 Å². The summed E-state index contributed by atoms with van der Waals surface area (Å²) < 4.78 is 0. The average Bonchev–Trinajstić information content (AvgIpc) is 2.69. The Balaban J connectivity index is 4.23. The molecule has 0 aromatic rings. The summed E-state index contributed by atoms with van der Waals surface area (Å²) in [7, 11) is 0. The Hall–Kier alpha value is 0.250. The van der Waals surface area contributed by atoms with Crippen molar-refractivity contribution in [2.24, 2.45) is 0 Å². The number of hydrogen-bond acceptors (Lipinski definition) is 1. The van der Waals surface area contributed by atoms with Crippen LogP contribution in [0.25, 0.3) is 0 Å². The van der Waals surface area contributed by atoms with Gasteiger partial charge in [0.05, 0.1) is 0 Å². The molecule has 27 heavy (non-hydrogen) atoms. The molecule has 0 rings (SSSR count). The Morgan fingerprint density at radius 3 is 0.963 bits per heavy atom. The van der Waals surface area contributed by atoms with E-state index in [1.54, 1.807) is 0 Å². The van der Waals surface area contributed by atoms with Gasteiger partial charge in [0, 0.05) is 5.54 Å². The minimum atomic E-state index is 0.196. The van der Waals surface area contributed by atoms with Crippen molar-refractivity contribution < 1.29 is 0 Å². The lowest BCUT2D eigenvalue weighted by molar-refractivity contribution is 0.278. The second-order valence-electron chi connectivity index (χ2n) is 8.93. The van der Waals surface area contributed by atoms with Crippen molar-refractivity contribution in [3.05, 3.63) is 0 Å². The molecule has 0 aromatic heterocycles. The quantitative estimate of drug-likeness (QED) is 0.140. The van der Waals surface area contributed by atoms with E-state index in [2.05, 4.69) is 25.6 Å². The molecule has 0 bridgehead atoms. The summed E-state index contributed by atoms with van der Waals surface area (Å²) >= 11 is 6.36. The fraction of sp³-hybridized carbons (Fsp3) is 1.00. The van der Waals surface area contributed by atoms with Gasteiger partial charge in [-0.25, -0.2) is 4.84 Å². The first-order valence-electron chi connectivity index (χ1n) is 12.6. The van der Waals surface area contributed by atoms with Crippen LogP contribution in [0.5, 0.6) is 0 Å². The van der Waals surface area contributed by atoms with Crippen molar-refractivity contribution in [3.8, 4) is 0 Å². The van der Waals surface area contributed by atoms with Gasteiger partial charge in [-0.2, -0.15) is 0 Å². The molecule has 0 saturated carbocycles. The number of nitrogens with one attached hydrogen (secondary N) is 1. The van der Waals surface area contributed by atoms with Crippen molar-refractivity contribution in [1.29, 1.82) is 0 Å². The Kier molecular flexibility index (Phi) is 21.2. The topological polar surface area (TPSA) is 12.0 Å². The van der Waals surface area contributed by atoms with E-state index in [4.69, 9.17) is 11.8 Å². The van der Waals surface area contributed by atoms with E-state index in [0.717, 1.165) is 0 Å². The molecule has 0 aliphatic carbocycles. The van der Waals surface area contributed by atoms with E-state index >= 15 is 0 Å². The monoisotopic (exact) mass is 401 g/mol. The van der Waals surface area contributed by atoms with Crippen LogP contribution in [-0.4, -0.2) is 5.54 Å². The molecule has 2 heteroatoms. The van der Waals surface area contributed by atoms with Crippen molar-refractivity contribution in [2.75, 3.05) is 0 Å². The first-order valence-corrected chi connectivity index (χ1v) is 13.0. The van der Waals surface area contributed by atoms with Crippen LogP contribution in [0.1, 0.15) is 156 Å². The van der Waals surface area contributed by atoms with E-state index in [9.17, 15) is 0 Å². The number of unbranched alkanes of at least 4 members (excludes halogenated alkanes) is 15. The summed E-state index contributed by atoms with van der Waals surface area (Å²) in [6, 6.07) is 0. The highest BCUT2D eigenvalue weighted by molar-refractivity contribution is 6.13. The van der Waals surface area contributed by atoms with Gasteiger partial charge in [-0.15, -0.1) is 0 Å². The third kappa shape index (κ3) is 16.9. The lowest BCUT2D eigenvalue weighted by Gasteiger charge is -2.33. The average molecular weight is 402 g/mol. The normalized spacial score (nSPS) is 12.0. The summed E-state index contributed by atoms with van der Waals surface area (Å²) in [5, 5.41) is 0. The molecule has 0 aliphatic rings. The summed E-state index contributed by atoms with van der Waals surface area (Å²) in [6.07, 6.45) is 28.6. The van der Waals surface area contributed by atoms with Gasteiger partial charge in [0.1, 0.15) is 0 Å². The van der Waals surface area contributed by atoms with Crippen LogP contribution in [-0.2, 0) is 0 Å². The first-order chi connectivity index (χ1) is 13.2. The zero-order valence-corrected chi connectivity index (χ0v) is 20.0. The highest BCUT2D eigenvalue weighted by Crippen LogP contribution is 2.30. The molecule has 0 atom stereocenters. The Morgan fingerprint density at radius 1 is 0.444 bits per heavy atom. The molecule has 0 aromatic carbocycles. The molecule has 0 radical (unpaired) electrons. The van der Waals surface area contributed by atoms with E-state index < -0.39 is 0 Å². The third-order valence-corrected chi connectivity index (χ3v) is 6.63.